The summed E-state index contributed by atoms with van der Waals surface area (Å²) in [7, 11) is 0. The van der Waals surface area contributed by atoms with Gasteiger partial charge in [0.2, 0.25) is 6.43 Å². The fraction of sp³-hybridized carbons (Fsp3) is 0.579. The first-order chi connectivity index (χ1) is 11.7. The van der Waals surface area contributed by atoms with E-state index in [1.165, 1.54) is 4.90 Å². The van der Waals surface area contributed by atoms with Gasteiger partial charge in [-0.15, -0.1) is 0 Å². The van der Waals surface area contributed by atoms with Crippen LogP contribution in [0.3, 0.4) is 0 Å². The van der Waals surface area contributed by atoms with Gasteiger partial charge in [0, 0.05) is 32.4 Å². The maximum absolute atomic E-state index is 12.4. The first-order valence-corrected chi connectivity index (χ1v) is 8.49. The van der Waals surface area contributed by atoms with E-state index in [4.69, 9.17) is 4.74 Å². The Morgan fingerprint density at radius 1 is 1.12 bits per heavy atom. The van der Waals surface area contributed by atoms with E-state index in [1.54, 1.807) is 20.8 Å². The molecule has 0 saturated heterocycles. The van der Waals surface area contributed by atoms with Crippen LogP contribution in [0.5, 0.6) is 0 Å². The van der Waals surface area contributed by atoms with Gasteiger partial charge < -0.3 is 9.64 Å². The summed E-state index contributed by atoms with van der Waals surface area (Å²) in [6.07, 6.45) is -2.73. The molecule has 0 atom stereocenters. The van der Waals surface area contributed by atoms with E-state index in [0.717, 1.165) is 5.56 Å². The van der Waals surface area contributed by atoms with Gasteiger partial charge in [-0.3, -0.25) is 4.79 Å². The molecule has 25 heavy (non-hydrogen) atoms. The molecule has 0 fully saturated rings. The highest BCUT2D eigenvalue weighted by atomic mass is 19.3. The van der Waals surface area contributed by atoms with Crippen LogP contribution < -0.4 is 0 Å². The number of halogens is 2. The Bertz CT molecular complexity index is 541. The molecule has 0 unspecified atom stereocenters. The van der Waals surface area contributed by atoms with Crippen molar-refractivity contribution >= 4 is 11.9 Å². The number of amides is 1. The molecular formula is C19H27F2NO3. The Morgan fingerprint density at radius 2 is 1.76 bits per heavy atom. The lowest BCUT2D eigenvalue weighted by Crippen LogP contribution is -2.37. The molecule has 6 heteroatoms. The molecular weight excluding hydrogens is 328 g/mol. The topological polar surface area (TPSA) is 46.6 Å². The minimum Gasteiger partial charge on any atom is -0.444 e. The van der Waals surface area contributed by atoms with Crippen molar-refractivity contribution in [1.29, 1.82) is 0 Å². The van der Waals surface area contributed by atoms with Crippen molar-refractivity contribution in [3.05, 3.63) is 35.9 Å². The summed E-state index contributed by atoms with van der Waals surface area (Å²) >= 11 is 0. The Labute approximate surface area is 148 Å². The van der Waals surface area contributed by atoms with E-state index in [9.17, 15) is 18.4 Å². The minimum atomic E-state index is -2.39. The van der Waals surface area contributed by atoms with Crippen LogP contribution in [0.25, 0.3) is 0 Å². The Hall–Kier alpha value is -1.98. The zero-order valence-electron chi connectivity index (χ0n) is 15.1. The molecule has 0 bridgehead atoms. The molecule has 140 valence electrons. The van der Waals surface area contributed by atoms with Crippen molar-refractivity contribution in [2.75, 3.05) is 6.54 Å². The fourth-order valence-corrected chi connectivity index (χ4v) is 2.20. The van der Waals surface area contributed by atoms with Gasteiger partial charge in [-0.05, 0) is 32.8 Å². The van der Waals surface area contributed by atoms with E-state index in [-0.39, 0.29) is 38.0 Å². The summed E-state index contributed by atoms with van der Waals surface area (Å²) in [4.78, 5) is 25.7. The Kier molecular flexibility index (Phi) is 8.52. The normalized spacial score (nSPS) is 11.4. The third-order valence-electron chi connectivity index (χ3n) is 3.41. The van der Waals surface area contributed by atoms with Crippen LogP contribution in [0.4, 0.5) is 13.6 Å². The van der Waals surface area contributed by atoms with Crippen LogP contribution >= 0.6 is 0 Å². The second kappa shape index (κ2) is 10.1. The van der Waals surface area contributed by atoms with Gasteiger partial charge in [0.25, 0.3) is 0 Å². The quantitative estimate of drug-likeness (QED) is 0.638. The number of carbonyl (C=O) groups excluding carboxylic acids is 2. The lowest BCUT2D eigenvalue weighted by atomic mass is 10.1. The molecule has 0 spiro atoms. The van der Waals surface area contributed by atoms with Crippen molar-refractivity contribution in [2.24, 2.45) is 0 Å². The van der Waals surface area contributed by atoms with Crippen molar-refractivity contribution in [3.63, 3.8) is 0 Å². The molecule has 1 amide bonds. The molecule has 0 N–H and O–H groups in total. The number of hydrogen-bond acceptors (Lipinski definition) is 3. The highest BCUT2D eigenvalue weighted by Gasteiger charge is 2.22. The number of Topliss-reactive ketones (excluding diaryl/α,β-unsaturated/α-hetero) is 1. The smallest absolute Gasteiger partial charge is 0.410 e. The van der Waals surface area contributed by atoms with Crippen LogP contribution in [0.1, 0.15) is 52.0 Å². The van der Waals surface area contributed by atoms with Crippen LogP contribution in [0, 0.1) is 0 Å². The molecule has 1 rings (SSSR count). The predicted octanol–water partition coefficient (Wildman–Crippen LogP) is 4.82. The van der Waals surface area contributed by atoms with Gasteiger partial charge in [-0.2, -0.15) is 0 Å². The molecule has 0 saturated carbocycles. The zero-order valence-corrected chi connectivity index (χ0v) is 15.1. The fourth-order valence-electron chi connectivity index (χ4n) is 2.20. The van der Waals surface area contributed by atoms with Crippen molar-refractivity contribution < 1.29 is 23.1 Å². The molecule has 0 heterocycles. The molecule has 1 aromatic rings. The van der Waals surface area contributed by atoms with E-state index < -0.39 is 18.1 Å². The number of nitrogens with zero attached hydrogens (tertiary/aromatic N) is 1. The van der Waals surface area contributed by atoms with Crippen LogP contribution in [-0.4, -0.2) is 35.3 Å². The number of ether oxygens (including phenoxy) is 1. The average molecular weight is 355 g/mol. The monoisotopic (exact) mass is 355 g/mol. The Balaban J connectivity index is 2.61. The lowest BCUT2D eigenvalue weighted by molar-refractivity contribution is -0.119. The number of benzene rings is 1. The van der Waals surface area contributed by atoms with Crippen molar-refractivity contribution in [2.45, 2.75) is 65.0 Å². The van der Waals surface area contributed by atoms with Gasteiger partial charge in [0.05, 0.1) is 0 Å². The van der Waals surface area contributed by atoms with E-state index in [0.29, 0.717) is 6.54 Å². The predicted molar refractivity (Wildman–Crippen MR) is 92.6 cm³/mol. The van der Waals surface area contributed by atoms with Crippen LogP contribution in [0.2, 0.25) is 0 Å². The zero-order chi connectivity index (χ0) is 18.9. The summed E-state index contributed by atoms with van der Waals surface area (Å²) < 4.78 is 29.6. The van der Waals surface area contributed by atoms with E-state index in [1.807, 2.05) is 30.3 Å². The number of alkyl halides is 2. The first kappa shape index (κ1) is 21.1. The highest BCUT2D eigenvalue weighted by Crippen LogP contribution is 2.14. The number of ketones is 1. The third kappa shape index (κ3) is 9.79. The summed E-state index contributed by atoms with van der Waals surface area (Å²) in [6, 6.07) is 9.41. The molecule has 0 aliphatic rings. The number of carbonyl (C=O) groups is 2. The lowest BCUT2D eigenvalue weighted by Gasteiger charge is -2.27. The van der Waals surface area contributed by atoms with Crippen molar-refractivity contribution in [3.8, 4) is 0 Å². The maximum Gasteiger partial charge on any atom is 0.410 e. The van der Waals surface area contributed by atoms with Crippen LogP contribution in [0.15, 0.2) is 30.3 Å². The third-order valence-corrected chi connectivity index (χ3v) is 3.41. The van der Waals surface area contributed by atoms with Gasteiger partial charge in [0.1, 0.15) is 11.4 Å². The van der Waals surface area contributed by atoms with E-state index in [2.05, 4.69) is 0 Å². The largest absolute Gasteiger partial charge is 0.444 e. The summed E-state index contributed by atoms with van der Waals surface area (Å²) in [5, 5.41) is 0. The van der Waals surface area contributed by atoms with Gasteiger partial charge in [0.15, 0.2) is 0 Å². The van der Waals surface area contributed by atoms with E-state index >= 15 is 0 Å². The van der Waals surface area contributed by atoms with Gasteiger partial charge in [-0.1, -0.05) is 30.3 Å². The highest BCUT2D eigenvalue weighted by molar-refractivity contribution is 5.79. The van der Waals surface area contributed by atoms with Crippen LogP contribution in [-0.2, 0) is 16.1 Å². The summed E-state index contributed by atoms with van der Waals surface area (Å²) in [6.45, 7) is 5.88. The molecule has 1 aromatic carbocycles. The maximum atomic E-state index is 12.4. The molecule has 0 aromatic heterocycles. The van der Waals surface area contributed by atoms with Gasteiger partial charge in [-0.25, -0.2) is 13.6 Å². The van der Waals surface area contributed by atoms with Gasteiger partial charge >= 0.3 is 6.09 Å². The number of rotatable bonds is 9. The molecule has 4 nitrogen and oxygen atoms in total. The van der Waals surface area contributed by atoms with Crippen molar-refractivity contribution in [1.82, 2.24) is 4.90 Å². The second-order valence-electron chi connectivity index (χ2n) is 6.96. The Morgan fingerprint density at radius 3 is 2.32 bits per heavy atom. The second-order valence-corrected chi connectivity index (χ2v) is 6.96. The molecule has 0 aliphatic heterocycles. The number of hydrogen-bond donors (Lipinski definition) is 0. The molecule has 0 aliphatic carbocycles. The standard InChI is InChI=1S/C19H27F2NO3/c1-19(2,3)25-18(24)22(14-15-8-5-4-6-9-15)13-12-16(23)10-7-11-17(20)21/h4-6,8-9,17H,7,10-14H2,1-3H3. The average Bonchev–Trinajstić information content (AvgIpc) is 2.50. The molecule has 0 radical (unpaired) electrons. The minimum absolute atomic E-state index is 0.109. The summed E-state index contributed by atoms with van der Waals surface area (Å²) in [5.74, 6) is -0.123. The SMILES string of the molecule is CC(C)(C)OC(=O)N(CCC(=O)CCCC(F)F)Cc1ccccc1. The first-order valence-electron chi connectivity index (χ1n) is 8.49. The summed E-state index contributed by atoms with van der Waals surface area (Å²) in [5.41, 5.74) is 0.298.